The molecule has 0 spiro atoms. The second-order valence-corrected chi connectivity index (χ2v) is 5.99. The second kappa shape index (κ2) is 6.23. The molecule has 1 aliphatic heterocycles. The number of rotatable bonds is 3. The Morgan fingerprint density at radius 3 is 2.85 bits per heavy atom. The maximum atomic E-state index is 12.1. The van der Waals surface area contributed by atoms with Gasteiger partial charge in [0.2, 0.25) is 0 Å². The van der Waals surface area contributed by atoms with E-state index in [1.54, 1.807) is 17.5 Å². The second-order valence-electron chi connectivity index (χ2n) is 5.02. The summed E-state index contributed by atoms with van der Waals surface area (Å²) < 4.78 is 0. The van der Waals surface area contributed by atoms with Crippen molar-refractivity contribution in [2.75, 3.05) is 13.1 Å². The summed E-state index contributed by atoms with van der Waals surface area (Å²) in [6.07, 6.45) is 0.158. The Kier molecular flexibility index (Phi) is 4.61. The highest BCUT2D eigenvalue weighted by Crippen LogP contribution is 2.21. The van der Waals surface area contributed by atoms with Crippen molar-refractivity contribution >= 4 is 23.3 Å². The number of carbonyl (C=O) groups is 2. The summed E-state index contributed by atoms with van der Waals surface area (Å²) in [5.74, 6) is -0.932. The lowest BCUT2D eigenvalue weighted by Gasteiger charge is -2.34. The van der Waals surface area contributed by atoms with Crippen molar-refractivity contribution in [2.45, 2.75) is 25.5 Å². The fraction of sp³-hybridized carbons (Fsp3) is 0.538. The fourth-order valence-corrected chi connectivity index (χ4v) is 2.93. The molecule has 2 rings (SSSR count). The molecule has 7 heteroatoms. The van der Waals surface area contributed by atoms with Crippen LogP contribution < -0.4 is 5.32 Å². The number of β-amino-alcohol motifs (C(OH)–C–C–N with tert-alkyl or cyclic N) is 1. The SMILES string of the molecule is CC1CCN(C(=O)NC(C(=O)O)c2cccs2)CC1O. The maximum Gasteiger partial charge on any atom is 0.331 e. The van der Waals surface area contributed by atoms with Crippen LogP contribution in [-0.2, 0) is 4.79 Å². The van der Waals surface area contributed by atoms with Gasteiger partial charge in [0.25, 0.3) is 0 Å². The van der Waals surface area contributed by atoms with Gasteiger partial charge < -0.3 is 20.4 Å². The first-order chi connectivity index (χ1) is 9.49. The summed E-state index contributed by atoms with van der Waals surface area (Å²) in [6, 6.07) is 1.93. The van der Waals surface area contributed by atoms with Crippen molar-refractivity contribution in [3.8, 4) is 0 Å². The Bertz CT molecular complexity index is 477. The molecule has 1 saturated heterocycles. The van der Waals surface area contributed by atoms with Crippen LogP contribution in [0.4, 0.5) is 4.79 Å². The van der Waals surface area contributed by atoms with Crippen LogP contribution in [0.25, 0.3) is 0 Å². The first kappa shape index (κ1) is 14.8. The Balaban J connectivity index is 2.01. The highest BCUT2D eigenvalue weighted by atomic mass is 32.1. The molecule has 2 amide bonds. The summed E-state index contributed by atoms with van der Waals surface area (Å²) in [7, 11) is 0. The van der Waals surface area contributed by atoms with Gasteiger partial charge in [-0.1, -0.05) is 13.0 Å². The number of carbonyl (C=O) groups excluding carboxylic acids is 1. The fourth-order valence-electron chi connectivity index (χ4n) is 2.16. The van der Waals surface area contributed by atoms with Gasteiger partial charge in [-0.15, -0.1) is 11.3 Å². The van der Waals surface area contributed by atoms with Crippen molar-refractivity contribution in [3.05, 3.63) is 22.4 Å². The topological polar surface area (TPSA) is 89.9 Å². The number of amides is 2. The molecule has 20 heavy (non-hydrogen) atoms. The molecule has 1 aromatic heterocycles. The quantitative estimate of drug-likeness (QED) is 0.784. The van der Waals surface area contributed by atoms with E-state index in [9.17, 15) is 19.8 Å². The lowest BCUT2D eigenvalue weighted by Crippen LogP contribution is -2.51. The first-order valence-electron chi connectivity index (χ1n) is 6.48. The van der Waals surface area contributed by atoms with Gasteiger partial charge in [0.1, 0.15) is 0 Å². The zero-order chi connectivity index (χ0) is 14.7. The van der Waals surface area contributed by atoms with E-state index in [2.05, 4.69) is 5.32 Å². The van der Waals surface area contributed by atoms with Crippen molar-refractivity contribution in [1.29, 1.82) is 0 Å². The van der Waals surface area contributed by atoms with Crippen molar-refractivity contribution < 1.29 is 19.8 Å². The Labute approximate surface area is 121 Å². The van der Waals surface area contributed by atoms with Crippen LogP contribution in [0.3, 0.4) is 0 Å². The molecule has 0 aromatic carbocycles. The number of aliphatic hydroxyl groups excluding tert-OH is 1. The number of thiophene rings is 1. The van der Waals surface area contributed by atoms with Gasteiger partial charge >= 0.3 is 12.0 Å². The maximum absolute atomic E-state index is 12.1. The molecule has 0 radical (unpaired) electrons. The van der Waals surface area contributed by atoms with Crippen LogP contribution in [0.1, 0.15) is 24.3 Å². The molecular formula is C13H18N2O4S. The van der Waals surface area contributed by atoms with Gasteiger partial charge in [-0.2, -0.15) is 0 Å². The van der Waals surface area contributed by atoms with E-state index in [4.69, 9.17) is 0 Å². The molecule has 0 aliphatic carbocycles. The molecule has 1 aliphatic rings. The molecule has 1 fully saturated rings. The standard InChI is InChI=1S/C13H18N2O4S/c1-8-4-5-15(7-9(8)16)13(19)14-11(12(17)18)10-3-2-6-20-10/h2-3,6,8-9,11,16H,4-5,7H2,1H3,(H,14,19)(H,17,18). The number of piperidine rings is 1. The van der Waals surface area contributed by atoms with E-state index in [1.807, 2.05) is 6.92 Å². The lowest BCUT2D eigenvalue weighted by atomic mass is 9.96. The normalized spacial score (nSPS) is 24.2. The number of nitrogens with zero attached hydrogens (tertiary/aromatic N) is 1. The number of carboxylic acids is 1. The monoisotopic (exact) mass is 298 g/mol. The average molecular weight is 298 g/mol. The van der Waals surface area contributed by atoms with Crippen LogP contribution in [0.15, 0.2) is 17.5 Å². The molecule has 3 atom stereocenters. The minimum atomic E-state index is -1.09. The smallest absolute Gasteiger partial charge is 0.331 e. The van der Waals surface area contributed by atoms with E-state index in [-0.39, 0.29) is 12.5 Å². The van der Waals surface area contributed by atoms with E-state index in [0.29, 0.717) is 17.8 Å². The molecule has 0 saturated carbocycles. The lowest BCUT2D eigenvalue weighted by molar-refractivity contribution is -0.139. The highest BCUT2D eigenvalue weighted by Gasteiger charge is 2.30. The van der Waals surface area contributed by atoms with E-state index < -0.39 is 24.1 Å². The number of urea groups is 1. The van der Waals surface area contributed by atoms with Gasteiger partial charge in [0, 0.05) is 18.0 Å². The van der Waals surface area contributed by atoms with Crippen LogP contribution in [0.5, 0.6) is 0 Å². The largest absolute Gasteiger partial charge is 0.479 e. The van der Waals surface area contributed by atoms with Crippen LogP contribution in [0.2, 0.25) is 0 Å². The van der Waals surface area contributed by atoms with E-state index in [1.165, 1.54) is 16.2 Å². The van der Waals surface area contributed by atoms with Gasteiger partial charge in [-0.25, -0.2) is 9.59 Å². The predicted octanol–water partition coefficient (Wildman–Crippen LogP) is 1.29. The highest BCUT2D eigenvalue weighted by molar-refractivity contribution is 7.10. The predicted molar refractivity (Wildman–Crippen MR) is 74.6 cm³/mol. The van der Waals surface area contributed by atoms with Crippen LogP contribution in [-0.4, -0.2) is 46.3 Å². The van der Waals surface area contributed by atoms with Crippen LogP contribution in [0, 0.1) is 5.92 Å². The van der Waals surface area contributed by atoms with Gasteiger partial charge in [-0.05, 0) is 23.8 Å². The van der Waals surface area contributed by atoms with Crippen molar-refractivity contribution in [3.63, 3.8) is 0 Å². The first-order valence-corrected chi connectivity index (χ1v) is 7.36. The number of aliphatic hydroxyl groups is 1. The third-order valence-corrected chi connectivity index (χ3v) is 4.49. The van der Waals surface area contributed by atoms with Gasteiger partial charge in [-0.3, -0.25) is 0 Å². The van der Waals surface area contributed by atoms with E-state index >= 15 is 0 Å². The minimum Gasteiger partial charge on any atom is -0.479 e. The Morgan fingerprint density at radius 2 is 2.30 bits per heavy atom. The minimum absolute atomic E-state index is 0.159. The molecule has 2 heterocycles. The Morgan fingerprint density at radius 1 is 1.55 bits per heavy atom. The number of aliphatic carboxylic acids is 1. The average Bonchev–Trinajstić information content (AvgIpc) is 2.92. The molecule has 0 bridgehead atoms. The number of carboxylic acid groups (broad SMARTS) is 1. The van der Waals surface area contributed by atoms with Crippen molar-refractivity contribution in [2.24, 2.45) is 5.92 Å². The molecule has 3 N–H and O–H groups in total. The van der Waals surface area contributed by atoms with Gasteiger partial charge in [0.05, 0.1) is 6.10 Å². The van der Waals surface area contributed by atoms with Gasteiger partial charge in [0.15, 0.2) is 6.04 Å². The molecule has 3 unspecified atom stereocenters. The summed E-state index contributed by atoms with van der Waals surface area (Å²) in [5, 5.41) is 23.3. The Hall–Kier alpha value is -1.60. The number of nitrogens with one attached hydrogen (secondary N) is 1. The summed E-state index contributed by atoms with van der Waals surface area (Å²) in [4.78, 5) is 25.4. The number of hydrogen-bond acceptors (Lipinski definition) is 4. The third-order valence-electron chi connectivity index (χ3n) is 3.55. The number of hydrogen-bond donors (Lipinski definition) is 3. The van der Waals surface area contributed by atoms with Crippen LogP contribution >= 0.6 is 11.3 Å². The zero-order valence-electron chi connectivity index (χ0n) is 11.2. The third kappa shape index (κ3) is 3.29. The molecule has 110 valence electrons. The molecular weight excluding hydrogens is 280 g/mol. The molecule has 6 nitrogen and oxygen atoms in total. The zero-order valence-corrected chi connectivity index (χ0v) is 12.0. The summed E-state index contributed by atoms with van der Waals surface area (Å²) in [5.41, 5.74) is 0. The summed E-state index contributed by atoms with van der Waals surface area (Å²) in [6.45, 7) is 2.70. The number of likely N-dealkylation sites (tertiary alicyclic amines) is 1. The summed E-state index contributed by atoms with van der Waals surface area (Å²) >= 11 is 1.29. The van der Waals surface area contributed by atoms with Crippen molar-refractivity contribution in [1.82, 2.24) is 10.2 Å². The molecule has 1 aromatic rings. The van der Waals surface area contributed by atoms with E-state index in [0.717, 1.165) is 0 Å².